The van der Waals surface area contributed by atoms with Crippen molar-refractivity contribution in [1.29, 1.82) is 0 Å². The second-order valence-electron chi connectivity index (χ2n) is 7.34. The highest BCUT2D eigenvalue weighted by Crippen LogP contribution is 3.03. The summed E-state index contributed by atoms with van der Waals surface area (Å²) in [5.74, 6) is 3.95. The third kappa shape index (κ3) is 0.718. The maximum Gasteiger partial charge on any atom is 0.0270 e. The minimum absolute atomic E-state index is 0.501. The van der Waals surface area contributed by atoms with Crippen molar-refractivity contribution in [3.8, 4) is 0 Å². The minimum atomic E-state index is 0.501. The summed E-state index contributed by atoms with van der Waals surface area (Å²) in [6, 6.07) is 14.0. The van der Waals surface area contributed by atoms with Crippen LogP contribution in [0.25, 0.3) is 0 Å². The summed E-state index contributed by atoms with van der Waals surface area (Å²) < 4.78 is 0. The van der Waals surface area contributed by atoms with Crippen molar-refractivity contribution < 1.29 is 0 Å². The fraction of sp³-hybridized carbons (Fsp3) is 0.421. The molecule has 5 aliphatic rings. The Morgan fingerprint density at radius 3 is 1.95 bits per heavy atom. The van der Waals surface area contributed by atoms with Crippen LogP contribution in [0.1, 0.15) is 23.1 Å². The van der Waals surface area contributed by atoms with Gasteiger partial charge in [0, 0.05) is 23.2 Å². The van der Waals surface area contributed by atoms with E-state index >= 15 is 0 Å². The average Bonchev–Trinajstić information content (AvgIpc) is 3.12. The van der Waals surface area contributed by atoms with E-state index in [-0.39, 0.29) is 0 Å². The van der Waals surface area contributed by atoms with Gasteiger partial charge in [-0.2, -0.15) is 0 Å². The Balaban J connectivity index is 1.56. The summed E-state index contributed by atoms with van der Waals surface area (Å²) in [4.78, 5) is 4.22. The fourth-order valence-electron chi connectivity index (χ4n) is 6.80. The molecule has 6 atom stereocenters. The second-order valence-corrected chi connectivity index (χ2v) is 7.34. The molecule has 1 heteroatoms. The molecule has 1 heterocycles. The number of hydrogen-bond acceptors (Lipinski definition) is 1. The van der Waals surface area contributed by atoms with Gasteiger partial charge in [-0.25, -0.2) is 0 Å². The predicted octanol–water partition coefficient (Wildman–Crippen LogP) is 3.48. The Labute approximate surface area is 119 Å². The molecule has 98 valence electrons. The van der Waals surface area contributed by atoms with Crippen LogP contribution in [0.4, 0.5) is 0 Å². The first kappa shape index (κ1) is 10.1. The molecule has 0 N–H and O–H groups in total. The lowest BCUT2D eigenvalue weighted by molar-refractivity contribution is 0.310. The zero-order chi connectivity index (χ0) is 13.1. The first-order valence-corrected chi connectivity index (χ1v) is 7.80. The molecule has 0 spiro atoms. The molecule has 0 radical (unpaired) electrons. The molecule has 0 aliphatic heterocycles. The highest BCUT2D eigenvalue weighted by molar-refractivity contribution is 5.68. The van der Waals surface area contributed by atoms with Crippen LogP contribution < -0.4 is 0 Å². The Morgan fingerprint density at radius 1 is 0.850 bits per heavy atom. The van der Waals surface area contributed by atoms with Gasteiger partial charge in [0.2, 0.25) is 0 Å². The summed E-state index contributed by atoms with van der Waals surface area (Å²) >= 11 is 0. The van der Waals surface area contributed by atoms with Crippen LogP contribution in [0.5, 0.6) is 0 Å². The van der Waals surface area contributed by atoms with Crippen LogP contribution >= 0.6 is 0 Å². The summed E-state index contributed by atoms with van der Waals surface area (Å²) in [5, 5.41) is 0. The van der Waals surface area contributed by atoms with Crippen LogP contribution in [0, 0.1) is 30.6 Å². The number of benzene rings is 1. The maximum absolute atomic E-state index is 4.22. The van der Waals surface area contributed by atoms with Crippen molar-refractivity contribution in [2.24, 2.45) is 23.7 Å². The van der Waals surface area contributed by atoms with E-state index < -0.39 is 0 Å². The van der Waals surface area contributed by atoms with Crippen molar-refractivity contribution in [3.63, 3.8) is 0 Å². The Morgan fingerprint density at radius 2 is 1.40 bits per heavy atom. The zero-order valence-corrected chi connectivity index (χ0v) is 11.6. The highest BCUT2D eigenvalue weighted by Gasteiger charge is 3.04. The van der Waals surface area contributed by atoms with E-state index in [1.807, 2.05) is 12.4 Å². The van der Waals surface area contributed by atoms with Gasteiger partial charge >= 0.3 is 0 Å². The van der Waals surface area contributed by atoms with E-state index in [2.05, 4.69) is 48.3 Å². The summed E-state index contributed by atoms with van der Waals surface area (Å²) in [6.45, 7) is 2.19. The maximum atomic E-state index is 4.22. The fourth-order valence-corrected chi connectivity index (χ4v) is 6.80. The molecule has 1 nitrogen and oxygen atoms in total. The Kier molecular flexibility index (Phi) is 1.38. The lowest BCUT2D eigenvalue weighted by Crippen LogP contribution is -2.39. The molecule has 1 aromatic carbocycles. The first-order chi connectivity index (χ1) is 9.83. The van der Waals surface area contributed by atoms with Gasteiger partial charge in [0.05, 0.1) is 0 Å². The highest BCUT2D eigenvalue weighted by atomic mass is 15.1. The zero-order valence-electron chi connectivity index (χ0n) is 11.6. The molecule has 1 aromatic heterocycles. The average molecular weight is 259 g/mol. The minimum Gasteiger partial charge on any atom is -0.265 e. The first-order valence-electron chi connectivity index (χ1n) is 7.80. The number of hydrogen-bond donors (Lipinski definition) is 0. The molecule has 6 unspecified atom stereocenters. The standard InChI is InChI=1S/C19H17N/c1-11-2-4-12(5-3-11)18-14-10-15-17(16(14)18)19(15,18)13-6-8-20-9-7-13/h2-9,14-17H,10H2,1H3. The molecule has 0 saturated heterocycles. The van der Waals surface area contributed by atoms with E-state index in [9.17, 15) is 0 Å². The van der Waals surface area contributed by atoms with Crippen molar-refractivity contribution in [3.05, 3.63) is 65.5 Å². The monoisotopic (exact) mass is 259 g/mol. The van der Waals surface area contributed by atoms with Crippen LogP contribution in [0.2, 0.25) is 0 Å². The van der Waals surface area contributed by atoms with Gasteiger partial charge in [-0.1, -0.05) is 29.8 Å². The van der Waals surface area contributed by atoms with Gasteiger partial charge in [0.25, 0.3) is 0 Å². The molecular weight excluding hydrogens is 242 g/mol. The largest absolute Gasteiger partial charge is 0.265 e. The van der Waals surface area contributed by atoms with Crippen LogP contribution in [-0.4, -0.2) is 4.98 Å². The van der Waals surface area contributed by atoms with Gasteiger partial charge < -0.3 is 0 Å². The van der Waals surface area contributed by atoms with Crippen molar-refractivity contribution in [2.45, 2.75) is 24.2 Å². The number of aromatic nitrogens is 1. The molecule has 7 rings (SSSR count). The quantitative estimate of drug-likeness (QED) is 0.804. The molecular formula is C19H17N. The van der Waals surface area contributed by atoms with E-state index in [4.69, 9.17) is 0 Å². The number of nitrogens with zero attached hydrogens (tertiary/aromatic N) is 1. The van der Waals surface area contributed by atoms with E-state index in [0.717, 1.165) is 23.7 Å². The third-order valence-corrected chi connectivity index (χ3v) is 7.14. The molecule has 5 saturated carbocycles. The number of aryl methyl sites for hydroxylation is 1. The van der Waals surface area contributed by atoms with Gasteiger partial charge in [-0.15, -0.1) is 0 Å². The topological polar surface area (TPSA) is 12.9 Å². The molecule has 5 fully saturated rings. The smallest absolute Gasteiger partial charge is 0.0270 e. The molecule has 5 aliphatic carbocycles. The van der Waals surface area contributed by atoms with E-state index in [1.54, 1.807) is 11.1 Å². The van der Waals surface area contributed by atoms with Gasteiger partial charge in [-0.3, -0.25) is 4.98 Å². The van der Waals surface area contributed by atoms with Crippen LogP contribution in [0.3, 0.4) is 0 Å². The van der Waals surface area contributed by atoms with Gasteiger partial charge in [0.15, 0.2) is 0 Å². The van der Waals surface area contributed by atoms with E-state index in [1.165, 1.54) is 12.0 Å². The molecule has 20 heavy (non-hydrogen) atoms. The third-order valence-electron chi connectivity index (χ3n) is 7.14. The second kappa shape index (κ2) is 2.72. The van der Waals surface area contributed by atoms with Crippen LogP contribution in [-0.2, 0) is 10.8 Å². The predicted molar refractivity (Wildman–Crippen MR) is 77.3 cm³/mol. The van der Waals surface area contributed by atoms with Crippen molar-refractivity contribution in [1.82, 2.24) is 4.98 Å². The van der Waals surface area contributed by atoms with Crippen LogP contribution in [0.15, 0.2) is 48.8 Å². The van der Waals surface area contributed by atoms with Gasteiger partial charge in [-0.05, 0) is 60.3 Å². The number of pyridine rings is 1. The summed E-state index contributed by atoms with van der Waals surface area (Å²) in [6.07, 6.45) is 5.44. The lowest BCUT2D eigenvalue weighted by Gasteiger charge is -2.37. The van der Waals surface area contributed by atoms with Gasteiger partial charge in [0.1, 0.15) is 0 Å². The Hall–Kier alpha value is -1.63. The normalized spacial score (nSPS) is 48.5. The SMILES string of the molecule is Cc1ccc(C23C4CC5C(C42)C53c2ccncc2)cc1. The molecule has 2 bridgehead atoms. The summed E-state index contributed by atoms with van der Waals surface area (Å²) in [7, 11) is 0. The van der Waals surface area contributed by atoms with Crippen molar-refractivity contribution >= 4 is 0 Å². The molecule has 2 aromatic rings. The van der Waals surface area contributed by atoms with E-state index in [0.29, 0.717) is 10.8 Å². The lowest BCUT2D eigenvalue weighted by atomic mass is 9.65. The van der Waals surface area contributed by atoms with Crippen molar-refractivity contribution in [2.75, 3.05) is 0 Å². The number of rotatable bonds is 2. The molecule has 0 amide bonds. The summed E-state index contributed by atoms with van der Waals surface area (Å²) in [5.41, 5.74) is 5.57. The Bertz CT molecular complexity index is 722.